The minimum absolute atomic E-state index is 0.882. The zero-order valence-corrected chi connectivity index (χ0v) is 14.8. The van der Waals surface area contributed by atoms with Gasteiger partial charge in [0.05, 0.1) is 10.7 Å². The molecule has 21 heavy (non-hydrogen) atoms. The molecule has 0 unspecified atom stereocenters. The quantitative estimate of drug-likeness (QED) is 0.417. The Morgan fingerprint density at radius 1 is 1.14 bits per heavy atom. The summed E-state index contributed by atoms with van der Waals surface area (Å²) in [5, 5.41) is 7.90. The smallest absolute Gasteiger partial charge is 0.191 e. The van der Waals surface area contributed by atoms with Crippen LogP contribution in [0.5, 0.6) is 0 Å². The van der Waals surface area contributed by atoms with Crippen molar-refractivity contribution in [2.45, 2.75) is 59.8 Å². The van der Waals surface area contributed by atoms with E-state index in [1.54, 1.807) is 11.3 Å². The van der Waals surface area contributed by atoms with Gasteiger partial charge in [-0.05, 0) is 27.2 Å². The van der Waals surface area contributed by atoms with Crippen molar-refractivity contribution in [1.82, 2.24) is 15.6 Å². The number of unbranched alkanes of at least 4 members (excludes halogenated alkanes) is 3. The summed E-state index contributed by atoms with van der Waals surface area (Å²) in [5.74, 6) is 0.930. The molecular weight excluding hydrogens is 280 g/mol. The van der Waals surface area contributed by atoms with Crippen LogP contribution in [0.2, 0.25) is 0 Å². The van der Waals surface area contributed by atoms with E-state index in [2.05, 4.69) is 48.3 Å². The van der Waals surface area contributed by atoms with Crippen molar-refractivity contribution in [3.8, 4) is 0 Å². The molecule has 5 heteroatoms. The minimum Gasteiger partial charge on any atom is -0.357 e. The molecule has 120 valence electrons. The average Bonchev–Trinajstić information content (AvgIpc) is 2.77. The summed E-state index contributed by atoms with van der Waals surface area (Å²) >= 11 is 1.79. The van der Waals surface area contributed by atoms with Gasteiger partial charge in [0.2, 0.25) is 0 Å². The Bertz CT molecular complexity index is 406. The fourth-order valence-electron chi connectivity index (χ4n) is 2.01. The molecule has 1 heterocycles. The van der Waals surface area contributed by atoms with Gasteiger partial charge in [-0.15, -0.1) is 11.3 Å². The maximum absolute atomic E-state index is 4.62. The number of guanidine groups is 1. The van der Waals surface area contributed by atoms with Crippen LogP contribution in [-0.2, 0) is 6.42 Å². The van der Waals surface area contributed by atoms with Gasteiger partial charge in [-0.1, -0.05) is 26.2 Å². The molecule has 0 radical (unpaired) electrons. The summed E-state index contributed by atoms with van der Waals surface area (Å²) in [6.07, 6.45) is 5.99. The number of hydrogen-bond donors (Lipinski definition) is 2. The highest BCUT2D eigenvalue weighted by Crippen LogP contribution is 2.16. The molecule has 0 saturated carbocycles. The molecule has 0 spiro atoms. The Kier molecular flexibility index (Phi) is 9.06. The predicted octanol–water partition coefficient (Wildman–Crippen LogP) is 3.44. The lowest BCUT2D eigenvalue weighted by Gasteiger charge is -2.10. The molecule has 1 aromatic rings. The third kappa shape index (κ3) is 7.46. The fourth-order valence-corrected chi connectivity index (χ4v) is 2.94. The summed E-state index contributed by atoms with van der Waals surface area (Å²) in [6, 6.07) is 0. The first kappa shape index (κ1) is 18.0. The van der Waals surface area contributed by atoms with E-state index >= 15 is 0 Å². The molecule has 0 saturated heterocycles. The van der Waals surface area contributed by atoms with Gasteiger partial charge in [-0.3, -0.25) is 4.99 Å². The van der Waals surface area contributed by atoms with E-state index in [0.29, 0.717) is 0 Å². The van der Waals surface area contributed by atoms with E-state index in [4.69, 9.17) is 0 Å². The van der Waals surface area contributed by atoms with Crippen LogP contribution in [-0.4, -0.2) is 30.6 Å². The van der Waals surface area contributed by atoms with Gasteiger partial charge in [-0.25, -0.2) is 4.98 Å². The standard InChI is InChI=1S/C16H30N4S/c1-5-7-8-9-11-18-16(17-6-2)19-12-10-15-20-13(3)14(4)21-15/h5-12H2,1-4H3,(H2,17,18,19). The van der Waals surface area contributed by atoms with Crippen LogP contribution in [0.15, 0.2) is 4.99 Å². The van der Waals surface area contributed by atoms with Crippen molar-refractivity contribution in [3.05, 3.63) is 15.6 Å². The fraction of sp³-hybridized carbons (Fsp3) is 0.750. The lowest BCUT2D eigenvalue weighted by molar-refractivity contribution is 0.670. The number of nitrogens with one attached hydrogen (secondary N) is 2. The Hall–Kier alpha value is -1.10. The SMILES string of the molecule is CCCCCCN=C(NCC)NCCc1nc(C)c(C)s1. The molecule has 0 aliphatic carbocycles. The van der Waals surface area contributed by atoms with Crippen LogP contribution in [0.4, 0.5) is 0 Å². The second-order valence-electron chi connectivity index (χ2n) is 5.25. The molecule has 0 aromatic carbocycles. The van der Waals surface area contributed by atoms with Crippen LogP contribution in [0, 0.1) is 13.8 Å². The van der Waals surface area contributed by atoms with Crippen LogP contribution in [0.25, 0.3) is 0 Å². The summed E-state index contributed by atoms with van der Waals surface area (Å²) in [7, 11) is 0. The van der Waals surface area contributed by atoms with Gasteiger partial charge in [0.1, 0.15) is 0 Å². The van der Waals surface area contributed by atoms with Gasteiger partial charge in [0.15, 0.2) is 5.96 Å². The Balaban J connectivity index is 2.31. The molecule has 1 rings (SSSR count). The first-order valence-corrected chi connectivity index (χ1v) is 8.94. The maximum Gasteiger partial charge on any atom is 0.191 e. The van der Waals surface area contributed by atoms with Gasteiger partial charge in [0.25, 0.3) is 0 Å². The monoisotopic (exact) mass is 310 g/mol. The second kappa shape index (κ2) is 10.6. The number of hydrogen-bond acceptors (Lipinski definition) is 3. The molecule has 4 nitrogen and oxygen atoms in total. The number of aromatic nitrogens is 1. The number of thiazole rings is 1. The molecule has 1 aromatic heterocycles. The van der Waals surface area contributed by atoms with E-state index < -0.39 is 0 Å². The summed E-state index contributed by atoms with van der Waals surface area (Å²) < 4.78 is 0. The average molecular weight is 311 g/mol. The third-order valence-corrected chi connectivity index (χ3v) is 4.46. The van der Waals surface area contributed by atoms with Crippen molar-refractivity contribution < 1.29 is 0 Å². The number of aryl methyl sites for hydroxylation is 2. The largest absolute Gasteiger partial charge is 0.357 e. The van der Waals surface area contributed by atoms with Crippen molar-refractivity contribution in [3.63, 3.8) is 0 Å². The van der Waals surface area contributed by atoms with Crippen molar-refractivity contribution in [2.24, 2.45) is 4.99 Å². The first-order chi connectivity index (χ1) is 10.2. The first-order valence-electron chi connectivity index (χ1n) is 8.12. The molecule has 0 amide bonds. The second-order valence-corrected chi connectivity index (χ2v) is 6.54. The lowest BCUT2D eigenvalue weighted by atomic mass is 10.2. The summed E-state index contributed by atoms with van der Waals surface area (Å²) in [6.45, 7) is 11.2. The summed E-state index contributed by atoms with van der Waals surface area (Å²) in [5.41, 5.74) is 1.16. The van der Waals surface area contributed by atoms with E-state index in [1.807, 2.05) is 0 Å². The number of rotatable bonds is 9. The van der Waals surface area contributed by atoms with E-state index in [1.165, 1.54) is 35.6 Å². The van der Waals surface area contributed by atoms with Crippen molar-refractivity contribution in [2.75, 3.05) is 19.6 Å². The molecular formula is C16H30N4S. The Morgan fingerprint density at radius 2 is 1.95 bits per heavy atom. The Morgan fingerprint density at radius 3 is 2.57 bits per heavy atom. The molecule has 0 fully saturated rings. The topological polar surface area (TPSA) is 49.3 Å². The molecule has 2 N–H and O–H groups in total. The molecule has 0 bridgehead atoms. The van der Waals surface area contributed by atoms with E-state index in [9.17, 15) is 0 Å². The Labute approximate surface area is 133 Å². The lowest BCUT2D eigenvalue weighted by Crippen LogP contribution is -2.38. The maximum atomic E-state index is 4.62. The van der Waals surface area contributed by atoms with Crippen molar-refractivity contribution >= 4 is 17.3 Å². The van der Waals surface area contributed by atoms with Gasteiger partial charge < -0.3 is 10.6 Å². The minimum atomic E-state index is 0.882. The van der Waals surface area contributed by atoms with Crippen molar-refractivity contribution in [1.29, 1.82) is 0 Å². The highest BCUT2D eigenvalue weighted by molar-refractivity contribution is 7.11. The predicted molar refractivity (Wildman–Crippen MR) is 93.4 cm³/mol. The molecule has 0 atom stereocenters. The van der Waals surface area contributed by atoms with Crippen LogP contribution in [0.1, 0.15) is 55.1 Å². The van der Waals surface area contributed by atoms with Crippen LogP contribution < -0.4 is 10.6 Å². The van der Waals surface area contributed by atoms with Crippen LogP contribution >= 0.6 is 11.3 Å². The highest BCUT2D eigenvalue weighted by Gasteiger charge is 2.04. The zero-order valence-electron chi connectivity index (χ0n) is 14.0. The number of nitrogens with zero attached hydrogens (tertiary/aromatic N) is 2. The third-order valence-electron chi connectivity index (χ3n) is 3.33. The van der Waals surface area contributed by atoms with E-state index in [-0.39, 0.29) is 0 Å². The highest BCUT2D eigenvalue weighted by atomic mass is 32.1. The number of aliphatic imine (C=N–C) groups is 1. The zero-order chi connectivity index (χ0) is 15.5. The van der Waals surface area contributed by atoms with Gasteiger partial charge >= 0.3 is 0 Å². The van der Waals surface area contributed by atoms with Gasteiger partial charge in [0, 0.05) is 30.9 Å². The normalized spacial score (nSPS) is 11.7. The molecule has 0 aliphatic heterocycles. The summed E-state index contributed by atoms with van der Waals surface area (Å²) in [4.78, 5) is 10.5. The van der Waals surface area contributed by atoms with E-state index in [0.717, 1.165) is 37.7 Å². The van der Waals surface area contributed by atoms with Gasteiger partial charge in [-0.2, -0.15) is 0 Å². The molecule has 0 aliphatic rings. The van der Waals surface area contributed by atoms with Crippen LogP contribution in [0.3, 0.4) is 0 Å².